The highest BCUT2D eigenvalue weighted by atomic mass is 35.7. The van der Waals surface area contributed by atoms with Crippen molar-refractivity contribution < 1.29 is 13.2 Å². The van der Waals surface area contributed by atoms with Crippen molar-refractivity contribution in [3.63, 3.8) is 0 Å². The van der Waals surface area contributed by atoms with Crippen LogP contribution in [-0.2, 0) is 9.05 Å². The molecule has 0 saturated heterocycles. The summed E-state index contributed by atoms with van der Waals surface area (Å²) in [5.74, 6) is 0.214. The van der Waals surface area contributed by atoms with E-state index in [1.165, 1.54) is 12.1 Å². The lowest BCUT2D eigenvalue weighted by molar-refractivity contribution is 0.256. The Morgan fingerprint density at radius 1 is 1.35 bits per heavy atom. The van der Waals surface area contributed by atoms with Gasteiger partial charge in [0, 0.05) is 22.2 Å². The molecule has 0 atom stereocenters. The first kappa shape index (κ1) is 14.6. The van der Waals surface area contributed by atoms with Gasteiger partial charge in [-0.25, -0.2) is 8.42 Å². The van der Waals surface area contributed by atoms with Crippen LogP contribution in [0, 0.1) is 0 Å². The molecule has 0 saturated carbocycles. The minimum atomic E-state index is -3.86. The summed E-state index contributed by atoms with van der Waals surface area (Å²) in [4.78, 5) is 1.82. The van der Waals surface area contributed by atoms with Gasteiger partial charge in [0.1, 0.15) is 17.3 Å². The van der Waals surface area contributed by atoms with Crippen LogP contribution >= 0.6 is 22.3 Å². The zero-order valence-electron chi connectivity index (χ0n) is 9.48. The molecule has 0 unspecified atom stereocenters. The molecule has 1 aromatic carbocycles. The third-order valence-electron chi connectivity index (χ3n) is 1.96. The molecular weight excluding hydrogens is 285 g/mol. The van der Waals surface area contributed by atoms with E-state index < -0.39 is 9.05 Å². The number of hydrogen-bond donors (Lipinski definition) is 0. The van der Waals surface area contributed by atoms with Crippen molar-refractivity contribution in [2.24, 2.45) is 0 Å². The van der Waals surface area contributed by atoms with Gasteiger partial charge < -0.3 is 9.64 Å². The first-order chi connectivity index (χ1) is 7.80. The first-order valence-corrected chi connectivity index (χ1v) is 7.51. The van der Waals surface area contributed by atoms with Crippen molar-refractivity contribution in [2.75, 3.05) is 27.2 Å². The highest BCUT2D eigenvalue weighted by Crippen LogP contribution is 2.29. The van der Waals surface area contributed by atoms with Crippen LogP contribution in [0.1, 0.15) is 0 Å². The molecule has 0 aliphatic rings. The van der Waals surface area contributed by atoms with Gasteiger partial charge in [0.25, 0.3) is 9.05 Å². The van der Waals surface area contributed by atoms with Gasteiger partial charge in [0.2, 0.25) is 0 Å². The number of ether oxygens (including phenoxy) is 1. The highest BCUT2D eigenvalue weighted by Gasteiger charge is 2.17. The molecule has 0 amide bonds. The molecule has 0 aliphatic heterocycles. The van der Waals surface area contributed by atoms with E-state index in [0.717, 1.165) is 0 Å². The summed E-state index contributed by atoms with van der Waals surface area (Å²) in [6.45, 7) is 1.04. The summed E-state index contributed by atoms with van der Waals surface area (Å²) in [6.07, 6.45) is 0. The molecule has 0 fully saturated rings. The predicted molar refractivity (Wildman–Crippen MR) is 68.5 cm³/mol. The Kier molecular flexibility index (Phi) is 5.06. The summed E-state index contributed by atoms with van der Waals surface area (Å²) in [7, 11) is 5.23. The molecule has 96 valence electrons. The Morgan fingerprint density at radius 3 is 2.53 bits per heavy atom. The minimum Gasteiger partial charge on any atom is -0.491 e. The van der Waals surface area contributed by atoms with Gasteiger partial charge in [0.05, 0.1) is 0 Å². The van der Waals surface area contributed by atoms with Crippen molar-refractivity contribution in [3.8, 4) is 5.75 Å². The Bertz CT molecular complexity index is 488. The van der Waals surface area contributed by atoms with Crippen molar-refractivity contribution >= 4 is 31.3 Å². The average molecular weight is 298 g/mol. The topological polar surface area (TPSA) is 46.6 Å². The second kappa shape index (κ2) is 5.91. The molecule has 0 spiro atoms. The molecule has 0 radical (unpaired) electrons. The van der Waals surface area contributed by atoms with Crippen LogP contribution in [0.25, 0.3) is 0 Å². The molecular formula is C10H13Cl2NO3S. The minimum absolute atomic E-state index is 0.106. The monoisotopic (exact) mass is 297 g/mol. The van der Waals surface area contributed by atoms with E-state index in [9.17, 15) is 8.42 Å². The maximum atomic E-state index is 11.3. The number of nitrogens with zero attached hydrogens (tertiary/aromatic N) is 1. The summed E-state index contributed by atoms with van der Waals surface area (Å²) in [5, 5.41) is 0.296. The van der Waals surface area contributed by atoms with E-state index in [1.54, 1.807) is 6.07 Å². The van der Waals surface area contributed by atoms with Gasteiger partial charge in [0.15, 0.2) is 0 Å². The lowest BCUT2D eigenvalue weighted by atomic mass is 10.3. The van der Waals surface area contributed by atoms with Crippen LogP contribution in [-0.4, -0.2) is 40.6 Å². The summed E-state index contributed by atoms with van der Waals surface area (Å²) in [6, 6.07) is 4.32. The number of benzene rings is 1. The standard InChI is InChI=1S/C10H13Cl2NO3S/c1-13(2)5-6-16-9-4-3-8(11)7-10(9)17(12,14)15/h3-4,7H,5-6H2,1-2H3. The lowest BCUT2D eigenvalue weighted by Crippen LogP contribution is -2.19. The summed E-state index contributed by atoms with van der Waals surface area (Å²) >= 11 is 5.72. The van der Waals surface area contributed by atoms with E-state index in [0.29, 0.717) is 18.2 Å². The van der Waals surface area contributed by atoms with Crippen molar-refractivity contribution in [3.05, 3.63) is 23.2 Å². The van der Waals surface area contributed by atoms with Crippen LogP contribution in [0.4, 0.5) is 0 Å². The molecule has 0 N–H and O–H groups in total. The smallest absolute Gasteiger partial charge is 0.265 e. The van der Waals surface area contributed by atoms with Gasteiger partial charge in [-0.15, -0.1) is 0 Å². The third-order valence-corrected chi connectivity index (χ3v) is 3.54. The largest absolute Gasteiger partial charge is 0.491 e. The zero-order valence-corrected chi connectivity index (χ0v) is 11.8. The fraction of sp³-hybridized carbons (Fsp3) is 0.400. The molecule has 4 nitrogen and oxygen atoms in total. The molecule has 0 aromatic heterocycles. The lowest BCUT2D eigenvalue weighted by Gasteiger charge is -2.12. The van der Waals surface area contributed by atoms with E-state index in [1.807, 2.05) is 19.0 Å². The van der Waals surface area contributed by atoms with Gasteiger partial charge >= 0.3 is 0 Å². The number of halogens is 2. The number of rotatable bonds is 5. The predicted octanol–water partition coefficient (Wildman–Crippen LogP) is 2.21. The maximum Gasteiger partial charge on any atom is 0.265 e. The second-order valence-corrected chi connectivity index (χ2v) is 6.65. The second-order valence-electron chi connectivity index (χ2n) is 3.68. The van der Waals surface area contributed by atoms with E-state index >= 15 is 0 Å². The van der Waals surface area contributed by atoms with E-state index in [4.69, 9.17) is 27.0 Å². The van der Waals surface area contributed by atoms with Gasteiger partial charge in [-0.05, 0) is 32.3 Å². The molecule has 1 rings (SSSR count). The molecule has 0 aliphatic carbocycles. The normalized spacial score (nSPS) is 11.8. The summed E-state index contributed by atoms with van der Waals surface area (Å²) < 4.78 is 28.0. The van der Waals surface area contributed by atoms with Crippen LogP contribution in [0.3, 0.4) is 0 Å². The first-order valence-electron chi connectivity index (χ1n) is 4.82. The maximum absolute atomic E-state index is 11.3. The van der Waals surface area contributed by atoms with E-state index in [-0.39, 0.29) is 10.6 Å². The van der Waals surface area contributed by atoms with Crippen molar-refractivity contribution in [2.45, 2.75) is 4.90 Å². The van der Waals surface area contributed by atoms with Crippen LogP contribution in [0.2, 0.25) is 5.02 Å². The average Bonchev–Trinajstić information content (AvgIpc) is 2.18. The van der Waals surface area contributed by atoms with Crippen molar-refractivity contribution in [1.82, 2.24) is 4.90 Å². The van der Waals surface area contributed by atoms with Gasteiger partial charge in [-0.2, -0.15) is 0 Å². The molecule has 17 heavy (non-hydrogen) atoms. The Morgan fingerprint density at radius 2 is 2.00 bits per heavy atom. The third kappa shape index (κ3) is 4.71. The van der Waals surface area contributed by atoms with E-state index in [2.05, 4.69) is 0 Å². The van der Waals surface area contributed by atoms with Gasteiger partial charge in [-0.3, -0.25) is 0 Å². The highest BCUT2D eigenvalue weighted by molar-refractivity contribution is 8.13. The molecule has 0 bridgehead atoms. The van der Waals surface area contributed by atoms with Crippen LogP contribution in [0.5, 0.6) is 5.75 Å². The van der Waals surface area contributed by atoms with Crippen molar-refractivity contribution in [1.29, 1.82) is 0 Å². The fourth-order valence-corrected chi connectivity index (χ4v) is 2.36. The zero-order chi connectivity index (χ0) is 13.1. The number of likely N-dealkylation sites (N-methyl/N-ethyl adjacent to an activating group) is 1. The quantitative estimate of drug-likeness (QED) is 0.782. The Hall–Kier alpha value is -0.490. The molecule has 7 heteroatoms. The molecule has 0 heterocycles. The SMILES string of the molecule is CN(C)CCOc1ccc(Cl)cc1S(=O)(=O)Cl. The van der Waals surface area contributed by atoms with Crippen LogP contribution in [0.15, 0.2) is 23.1 Å². The summed E-state index contributed by atoms with van der Waals surface area (Å²) in [5.41, 5.74) is 0. The molecule has 1 aromatic rings. The van der Waals surface area contributed by atoms with Crippen LogP contribution < -0.4 is 4.74 Å². The fourth-order valence-electron chi connectivity index (χ4n) is 1.13. The Balaban J connectivity index is 2.92. The Labute approximate surface area is 111 Å². The number of hydrogen-bond acceptors (Lipinski definition) is 4. The van der Waals surface area contributed by atoms with Gasteiger partial charge in [-0.1, -0.05) is 11.6 Å².